The topological polar surface area (TPSA) is 22.1 Å². The van der Waals surface area contributed by atoms with Crippen LogP contribution in [0.2, 0.25) is 0 Å². The van der Waals surface area contributed by atoms with Crippen LogP contribution in [0.15, 0.2) is 42.7 Å². The molecule has 0 aliphatic carbocycles. The third-order valence-electron chi connectivity index (χ3n) is 2.38. The minimum absolute atomic E-state index is 0.829. The molecule has 0 unspecified atom stereocenters. The number of benzene rings is 1. The molecule has 0 bridgehead atoms. The molecule has 2 aromatic rings. The molecule has 0 aliphatic rings. The summed E-state index contributed by atoms with van der Waals surface area (Å²) < 4.78 is 5.11. The van der Waals surface area contributed by atoms with Gasteiger partial charge in [-0.1, -0.05) is 18.1 Å². The highest BCUT2D eigenvalue weighted by Gasteiger charge is 2.02. The van der Waals surface area contributed by atoms with Gasteiger partial charge in [-0.2, -0.15) is 0 Å². The molecule has 0 radical (unpaired) electrons. The van der Waals surface area contributed by atoms with Crippen molar-refractivity contribution in [3.63, 3.8) is 0 Å². The fourth-order valence-corrected chi connectivity index (χ4v) is 1.52. The molecule has 1 heterocycles. The second kappa shape index (κ2) is 4.50. The molecule has 0 saturated heterocycles. The average Bonchev–Trinajstić information content (AvgIpc) is 2.39. The molecule has 16 heavy (non-hydrogen) atoms. The largest absolute Gasteiger partial charge is 0.497 e. The Morgan fingerprint density at radius 3 is 2.56 bits per heavy atom. The zero-order valence-corrected chi connectivity index (χ0v) is 8.97. The highest BCUT2D eigenvalue weighted by Crippen LogP contribution is 2.24. The Bertz CT molecular complexity index is 523. The summed E-state index contributed by atoms with van der Waals surface area (Å²) in [4.78, 5) is 4.09. The minimum Gasteiger partial charge on any atom is -0.497 e. The monoisotopic (exact) mass is 209 g/mol. The molecular formula is C14H11NO. The Kier molecular flexibility index (Phi) is 2.88. The molecule has 0 fully saturated rings. The first-order valence-electron chi connectivity index (χ1n) is 4.90. The van der Waals surface area contributed by atoms with Crippen LogP contribution in [-0.4, -0.2) is 12.1 Å². The second-order valence-corrected chi connectivity index (χ2v) is 3.29. The zero-order valence-electron chi connectivity index (χ0n) is 8.97. The van der Waals surface area contributed by atoms with Crippen LogP contribution in [0.1, 0.15) is 5.56 Å². The molecule has 78 valence electrons. The van der Waals surface area contributed by atoms with E-state index in [0.717, 1.165) is 22.4 Å². The van der Waals surface area contributed by atoms with Crippen molar-refractivity contribution in [3.8, 4) is 29.2 Å². The lowest BCUT2D eigenvalue weighted by Crippen LogP contribution is -1.87. The van der Waals surface area contributed by atoms with E-state index in [4.69, 9.17) is 11.2 Å². The minimum atomic E-state index is 0.829. The van der Waals surface area contributed by atoms with E-state index in [1.165, 1.54) is 0 Å². The number of rotatable bonds is 2. The number of terminal acetylenes is 1. The summed E-state index contributed by atoms with van der Waals surface area (Å²) in [6.07, 6.45) is 8.91. The van der Waals surface area contributed by atoms with Crippen molar-refractivity contribution in [1.82, 2.24) is 4.98 Å². The van der Waals surface area contributed by atoms with Crippen molar-refractivity contribution in [3.05, 3.63) is 48.3 Å². The molecule has 2 heteroatoms. The van der Waals surface area contributed by atoms with Crippen molar-refractivity contribution < 1.29 is 4.74 Å². The maximum absolute atomic E-state index is 5.44. The number of hydrogen-bond donors (Lipinski definition) is 0. The SMILES string of the molecule is C#Cc1ccncc1-c1ccc(OC)cc1. The summed E-state index contributed by atoms with van der Waals surface area (Å²) in [5.41, 5.74) is 2.86. The van der Waals surface area contributed by atoms with Crippen molar-refractivity contribution in [2.75, 3.05) is 7.11 Å². The van der Waals surface area contributed by atoms with Crippen molar-refractivity contribution in [1.29, 1.82) is 0 Å². The number of hydrogen-bond acceptors (Lipinski definition) is 2. The molecule has 2 rings (SSSR count). The van der Waals surface area contributed by atoms with Gasteiger partial charge < -0.3 is 4.74 Å². The fraction of sp³-hybridized carbons (Fsp3) is 0.0714. The highest BCUT2D eigenvalue weighted by atomic mass is 16.5. The Morgan fingerprint density at radius 2 is 1.94 bits per heavy atom. The molecule has 0 atom stereocenters. The lowest BCUT2D eigenvalue weighted by Gasteiger charge is -2.05. The molecule has 0 amide bonds. The van der Waals surface area contributed by atoms with Crippen LogP contribution >= 0.6 is 0 Å². The number of aromatic nitrogens is 1. The molecule has 1 aromatic heterocycles. The number of ether oxygens (including phenoxy) is 1. The first kappa shape index (κ1) is 10.3. The van der Waals surface area contributed by atoms with Gasteiger partial charge in [0.15, 0.2) is 0 Å². The number of methoxy groups -OCH3 is 1. The Labute approximate surface area is 94.9 Å². The fourth-order valence-electron chi connectivity index (χ4n) is 1.52. The quantitative estimate of drug-likeness (QED) is 0.709. The van der Waals surface area contributed by atoms with Crippen molar-refractivity contribution in [2.45, 2.75) is 0 Å². The molecule has 0 saturated carbocycles. The molecule has 0 aliphatic heterocycles. The Hall–Kier alpha value is -2.27. The van der Waals surface area contributed by atoms with Gasteiger partial charge in [-0.05, 0) is 23.8 Å². The van der Waals surface area contributed by atoms with Gasteiger partial charge in [0.2, 0.25) is 0 Å². The van der Waals surface area contributed by atoms with Gasteiger partial charge in [-0.3, -0.25) is 4.98 Å². The van der Waals surface area contributed by atoms with Gasteiger partial charge in [0.05, 0.1) is 7.11 Å². The first-order chi connectivity index (χ1) is 7.85. The summed E-state index contributed by atoms with van der Waals surface area (Å²) in [6, 6.07) is 9.58. The van der Waals surface area contributed by atoms with E-state index in [-0.39, 0.29) is 0 Å². The van der Waals surface area contributed by atoms with Crippen molar-refractivity contribution in [2.24, 2.45) is 0 Å². The van der Waals surface area contributed by atoms with Gasteiger partial charge in [0.25, 0.3) is 0 Å². The van der Waals surface area contributed by atoms with Gasteiger partial charge in [0, 0.05) is 23.5 Å². The predicted octanol–water partition coefficient (Wildman–Crippen LogP) is 2.74. The smallest absolute Gasteiger partial charge is 0.118 e. The lowest BCUT2D eigenvalue weighted by atomic mass is 10.0. The van der Waals surface area contributed by atoms with Crippen LogP contribution in [-0.2, 0) is 0 Å². The van der Waals surface area contributed by atoms with Crippen LogP contribution in [0, 0.1) is 12.3 Å². The Morgan fingerprint density at radius 1 is 1.19 bits per heavy atom. The second-order valence-electron chi connectivity index (χ2n) is 3.29. The van der Waals surface area contributed by atoms with E-state index in [1.54, 1.807) is 19.5 Å². The third-order valence-corrected chi connectivity index (χ3v) is 2.38. The maximum Gasteiger partial charge on any atom is 0.118 e. The van der Waals surface area contributed by atoms with Crippen LogP contribution in [0.3, 0.4) is 0 Å². The van der Waals surface area contributed by atoms with Gasteiger partial charge in [0.1, 0.15) is 5.75 Å². The highest BCUT2D eigenvalue weighted by molar-refractivity contribution is 5.70. The zero-order chi connectivity index (χ0) is 11.4. The molecule has 1 aromatic carbocycles. The maximum atomic E-state index is 5.44. The van der Waals surface area contributed by atoms with Crippen LogP contribution in [0.4, 0.5) is 0 Å². The summed E-state index contributed by atoms with van der Waals surface area (Å²) in [5, 5.41) is 0. The van der Waals surface area contributed by atoms with E-state index in [0.29, 0.717) is 0 Å². The normalized spacial score (nSPS) is 9.50. The molecular weight excluding hydrogens is 198 g/mol. The van der Waals surface area contributed by atoms with Crippen molar-refractivity contribution >= 4 is 0 Å². The summed E-state index contributed by atoms with van der Waals surface area (Å²) in [7, 11) is 1.64. The third kappa shape index (κ3) is 1.89. The molecule has 0 N–H and O–H groups in total. The van der Waals surface area contributed by atoms with E-state index in [1.807, 2.05) is 30.3 Å². The standard InChI is InChI=1S/C14H11NO/c1-3-11-8-9-15-10-14(11)12-4-6-13(16-2)7-5-12/h1,4-10H,2H3. The molecule has 0 spiro atoms. The average molecular weight is 209 g/mol. The lowest BCUT2D eigenvalue weighted by molar-refractivity contribution is 0.415. The van der Waals surface area contributed by atoms with E-state index in [2.05, 4.69) is 10.9 Å². The van der Waals surface area contributed by atoms with Gasteiger partial charge in [-0.25, -0.2) is 0 Å². The van der Waals surface area contributed by atoms with Gasteiger partial charge >= 0.3 is 0 Å². The van der Waals surface area contributed by atoms with E-state index in [9.17, 15) is 0 Å². The summed E-state index contributed by atoms with van der Waals surface area (Å²) >= 11 is 0. The van der Waals surface area contributed by atoms with Crippen LogP contribution in [0.5, 0.6) is 5.75 Å². The van der Waals surface area contributed by atoms with E-state index >= 15 is 0 Å². The summed E-state index contributed by atoms with van der Waals surface area (Å²) in [5.74, 6) is 3.48. The Balaban J connectivity index is 2.47. The summed E-state index contributed by atoms with van der Waals surface area (Å²) in [6.45, 7) is 0. The van der Waals surface area contributed by atoms with Gasteiger partial charge in [-0.15, -0.1) is 6.42 Å². The van der Waals surface area contributed by atoms with Crippen LogP contribution in [0.25, 0.3) is 11.1 Å². The number of nitrogens with zero attached hydrogens (tertiary/aromatic N) is 1. The van der Waals surface area contributed by atoms with Crippen LogP contribution < -0.4 is 4.74 Å². The van der Waals surface area contributed by atoms with E-state index < -0.39 is 0 Å². The first-order valence-corrected chi connectivity index (χ1v) is 4.90. The molecule has 2 nitrogen and oxygen atoms in total. The number of pyridine rings is 1. The predicted molar refractivity (Wildman–Crippen MR) is 64.2 cm³/mol.